The van der Waals surface area contributed by atoms with Gasteiger partial charge in [-0.1, -0.05) is 12.1 Å². The second-order valence-electron chi connectivity index (χ2n) is 3.63. The second-order valence-corrected chi connectivity index (χ2v) is 5.16. The van der Waals surface area contributed by atoms with E-state index < -0.39 is 32.2 Å². The Bertz CT molecular complexity index is 637. The summed E-state index contributed by atoms with van der Waals surface area (Å²) in [7, 11) is -4.51. The fourth-order valence-corrected chi connectivity index (χ4v) is 2.43. The standard InChI is InChI=1S/C10H8F3NO4S/c11-10(12,13)9-6(7-4-17-5-18-7)2-1-3-8(9)19(14,15)16/h1-4H,5H2,(H2,14,15,16). The maximum atomic E-state index is 13.0. The SMILES string of the molecule is NS(=O)(=O)c1cccc(C2=COCO2)c1C(F)(F)F. The highest BCUT2D eigenvalue weighted by Gasteiger charge is 2.40. The Labute approximate surface area is 106 Å². The number of hydrogen-bond acceptors (Lipinski definition) is 4. The third-order valence-corrected chi connectivity index (χ3v) is 3.31. The Kier molecular flexibility index (Phi) is 3.19. The molecule has 0 amide bonds. The normalized spacial score (nSPS) is 15.7. The van der Waals surface area contributed by atoms with E-state index in [1.165, 1.54) is 0 Å². The van der Waals surface area contributed by atoms with Crippen molar-refractivity contribution in [1.29, 1.82) is 0 Å². The number of rotatable bonds is 2. The van der Waals surface area contributed by atoms with E-state index in [-0.39, 0.29) is 12.6 Å². The highest BCUT2D eigenvalue weighted by Crippen LogP contribution is 2.39. The van der Waals surface area contributed by atoms with Gasteiger partial charge in [-0.25, -0.2) is 13.6 Å². The zero-order valence-corrected chi connectivity index (χ0v) is 10.1. The third-order valence-electron chi connectivity index (χ3n) is 2.35. The Morgan fingerprint density at radius 1 is 1.26 bits per heavy atom. The van der Waals surface area contributed by atoms with E-state index in [0.29, 0.717) is 0 Å². The van der Waals surface area contributed by atoms with Crippen molar-refractivity contribution in [2.75, 3.05) is 6.79 Å². The first-order chi connectivity index (χ1) is 8.71. The summed E-state index contributed by atoms with van der Waals surface area (Å²) in [6.45, 7) is -0.230. The molecule has 9 heteroatoms. The van der Waals surface area contributed by atoms with Crippen LogP contribution in [0, 0.1) is 0 Å². The minimum absolute atomic E-state index is 0.196. The van der Waals surface area contributed by atoms with Gasteiger partial charge in [-0.05, 0) is 6.07 Å². The average Bonchev–Trinajstić information content (AvgIpc) is 2.79. The van der Waals surface area contributed by atoms with Gasteiger partial charge in [-0.2, -0.15) is 13.2 Å². The van der Waals surface area contributed by atoms with Crippen LogP contribution in [0.4, 0.5) is 13.2 Å². The molecule has 19 heavy (non-hydrogen) atoms. The van der Waals surface area contributed by atoms with Gasteiger partial charge in [0.1, 0.15) is 6.26 Å². The number of alkyl halides is 3. The van der Waals surface area contributed by atoms with Crippen molar-refractivity contribution in [2.24, 2.45) is 5.14 Å². The maximum Gasteiger partial charge on any atom is 0.418 e. The molecule has 0 unspecified atom stereocenters. The van der Waals surface area contributed by atoms with Gasteiger partial charge in [-0.15, -0.1) is 0 Å². The molecule has 1 aliphatic rings. The van der Waals surface area contributed by atoms with E-state index in [1.54, 1.807) is 0 Å². The van der Waals surface area contributed by atoms with Gasteiger partial charge in [0.25, 0.3) is 0 Å². The zero-order valence-electron chi connectivity index (χ0n) is 9.27. The number of sulfonamides is 1. The highest BCUT2D eigenvalue weighted by atomic mass is 32.2. The van der Waals surface area contributed by atoms with Gasteiger partial charge >= 0.3 is 6.18 Å². The monoisotopic (exact) mass is 295 g/mol. The van der Waals surface area contributed by atoms with E-state index in [0.717, 1.165) is 24.5 Å². The number of halogens is 3. The lowest BCUT2D eigenvalue weighted by atomic mass is 10.1. The fourth-order valence-electron chi connectivity index (χ4n) is 1.65. The second kappa shape index (κ2) is 4.42. The van der Waals surface area contributed by atoms with Crippen LogP contribution >= 0.6 is 0 Å². The topological polar surface area (TPSA) is 78.6 Å². The molecule has 0 saturated heterocycles. The van der Waals surface area contributed by atoms with Crippen LogP contribution in [0.1, 0.15) is 11.1 Å². The molecular formula is C10H8F3NO4S. The largest absolute Gasteiger partial charge is 0.461 e. The molecule has 5 nitrogen and oxygen atoms in total. The van der Waals surface area contributed by atoms with Crippen molar-refractivity contribution in [3.05, 3.63) is 35.6 Å². The molecule has 2 N–H and O–H groups in total. The Morgan fingerprint density at radius 2 is 1.95 bits per heavy atom. The molecular weight excluding hydrogens is 287 g/mol. The molecule has 0 bridgehead atoms. The fraction of sp³-hybridized carbons (Fsp3) is 0.200. The van der Waals surface area contributed by atoms with Crippen molar-refractivity contribution < 1.29 is 31.1 Å². The minimum atomic E-state index is -4.90. The van der Waals surface area contributed by atoms with Crippen molar-refractivity contribution in [3.8, 4) is 0 Å². The molecule has 1 heterocycles. The van der Waals surface area contributed by atoms with Crippen LogP contribution in [0.3, 0.4) is 0 Å². The first-order valence-corrected chi connectivity index (χ1v) is 6.44. The summed E-state index contributed by atoms with van der Waals surface area (Å²) < 4.78 is 71.2. The summed E-state index contributed by atoms with van der Waals surface area (Å²) in [4.78, 5) is -1.01. The van der Waals surface area contributed by atoms with Gasteiger partial charge < -0.3 is 9.47 Å². The Hall–Kier alpha value is -1.74. The molecule has 2 rings (SSSR count). The minimum Gasteiger partial charge on any atom is -0.461 e. The lowest BCUT2D eigenvalue weighted by molar-refractivity contribution is -0.140. The van der Waals surface area contributed by atoms with Gasteiger partial charge in [0.2, 0.25) is 16.8 Å². The number of primary sulfonamides is 1. The smallest absolute Gasteiger partial charge is 0.418 e. The van der Waals surface area contributed by atoms with Gasteiger partial charge in [0.15, 0.2) is 5.76 Å². The number of ether oxygens (including phenoxy) is 2. The van der Waals surface area contributed by atoms with Gasteiger partial charge in [0, 0.05) is 5.56 Å². The molecule has 104 valence electrons. The number of nitrogens with two attached hydrogens (primary N) is 1. The molecule has 0 atom stereocenters. The molecule has 1 aromatic carbocycles. The molecule has 0 radical (unpaired) electrons. The summed E-state index contributed by atoms with van der Waals surface area (Å²) in [5, 5.41) is 4.80. The van der Waals surface area contributed by atoms with Gasteiger partial charge in [0.05, 0.1) is 10.5 Å². The van der Waals surface area contributed by atoms with Crippen LogP contribution in [0.5, 0.6) is 0 Å². The van der Waals surface area contributed by atoms with E-state index in [4.69, 9.17) is 9.88 Å². The quantitative estimate of drug-likeness (QED) is 0.900. The van der Waals surface area contributed by atoms with Crippen molar-refractivity contribution >= 4 is 15.8 Å². The predicted molar refractivity (Wildman–Crippen MR) is 57.8 cm³/mol. The Morgan fingerprint density at radius 3 is 2.42 bits per heavy atom. The summed E-state index contributed by atoms with van der Waals surface area (Å²) >= 11 is 0. The van der Waals surface area contributed by atoms with E-state index in [2.05, 4.69) is 4.74 Å². The molecule has 0 saturated carbocycles. The summed E-state index contributed by atoms with van der Waals surface area (Å²) in [5.41, 5.74) is -1.80. The van der Waals surface area contributed by atoms with E-state index >= 15 is 0 Å². The zero-order chi connectivity index (χ0) is 14.3. The van der Waals surface area contributed by atoms with Crippen LogP contribution in [0.25, 0.3) is 5.76 Å². The number of benzene rings is 1. The molecule has 0 fully saturated rings. The van der Waals surface area contributed by atoms with Crippen LogP contribution in [-0.2, 0) is 25.7 Å². The van der Waals surface area contributed by atoms with Crippen molar-refractivity contribution in [1.82, 2.24) is 0 Å². The molecule has 0 spiro atoms. The molecule has 1 aliphatic heterocycles. The Balaban J connectivity index is 2.75. The highest BCUT2D eigenvalue weighted by molar-refractivity contribution is 7.89. The van der Waals surface area contributed by atoms with Crippen molar-refractivity contribution in [3.63, 3.8) is 0 Å². The first kappa shape index (κ1) is 13.7. The lowest BCUT2D eigenvalue weighted by Crippen LogP contribution is -2.20. The molecule has 0 aromatic heterocycles. The first-order valence-electron chi connectivity index (χ1n) is 4.89. The predicted octanol–water partition coefficient (Wildman–Crippen LogP) is 1.66. The third kappa shape index (κ3) is 2.66. The lowest BCUT2D eigenvalue weighted by Gasteiger charge is -2.15. The van der Waals surface area contributed by atoms with Crippen LogP contribution in [-0.4, -0.2) is 15.2 Å². The summed E-state index contributed by atoms with van der Waals surface area (Å²) in [6.07, 6.45) is -3.91. The van der Waals surface area contributed by atoms with Crippen molar-refractivity contribution in [2.45, 2.75) is 11.1 Å². The average molecular weight is 295 g/mol. The summed E-state index contributed by atoms with van der Waals surface area (Å²) in [6, 6.07) is 3.02. The summed E-state index contributed by atoms with van der Waals surface area (Å²) in [5.74, 6) is -0.196. The van der Waals surface area contributed by atoms with Crippen LogP contribution in [0.15, 0.2) is 29.4 Å². The molecule has 1 aromatic rings. The van der Waals surface area contributed by atoms with E-state index in [1.807, 2.05) is 0 Å². The van der Waals surface area contributed by atoms with E-state index in [9.17, 15) is 21.6 Å². The van der Waals surface area contributed by atoms with Crippen LogP contribution in [0.2, 0.25) is 0 Å². The number of hydrogen-bond donors (Lipinski definition) is 1. The maximum absolute atomic E-state index is 13.0. The van der Waals surface area contributed by atoms with Crippen LogP contribution < -0.4 is 5.14 Å². The molecule has 0 aliphatic carbocycles. The van der Waals surface area contributed by atoms with Gasteiger partial charge in [-0.3, -0.25) is 0 Å².